The summed E-state index contributed by atoms with van der Waals surface area (Å²) < 4.78 is 11.3. The van der Waals surface area contributed by atoms with Crippen LogP contribution in [0.25, 0.3) is 0 Å². The first-order valence-corrected chi connectivity index (χ1v) is 11.0. The summed E-state index contributed by atoms with van der Waals surface area (Å²) in [7, 11) is 1.71. The van der Waals surface area contributed by atoms with E-state index in [2.05, 4.69) is 38.8 Å². The predicted molar refractivity (Wildman–Crippen MR) is 129 cm³/mol. The zero-order valence-corrected chi connectivity index (χ0v) is 19.1. The first-order valence-electron chi connectivity index (χ1n) is 11.0. The molecule has 0 bridgehead atoms. The Morgan fingerprint density at radius 3 is 2.84 bits per heavy atom. The van der Waals surface area contributed by atoms with E-state index in [4.69, 9.17) is 9.47 Å². The summed E-state index contributed by atoms with van der Waals surface area (Å²) >= 11 is 0. The molecule has 2 aromatic rings. The van der Waals surface area contributed by atoms with E-state index in [1.165, 1.54) is 6.92 Å². The van der Waals surface area contributed by atoms with E-state index in [-0.39, 0.29) is 5.91 Å². The lowest BCUT2D eigenvalue weighted by Crippen LogP contribution is -2.44. The maximum Gasteiger partial charge on any atom is 0.221 e. The molecule has 0 radical (unpaired) electrons. The molecule has 1 amide bonds. The van der Waals surface area contributed by atoms with Crippen molar-refractivity contribution in [1.82, 2.24) is 10.6 Å². The number of amides is 1. The second kappa shape index (κ2) is 11.8. The van der Waals surface area contributed by atoms with Gasteiger partial charge >= 0.3 is 0 Å². The number of hydrogen-bond donors (Lipinski definition) is 3. The van der Waals surface area contributed by atoms with Crippen LogP contribution >= 0.6 is 0 Å². The Kier molecular flexibility index (Phi) is 8.60. The van der Waals surface area contributed by atoms with Crippen LogP contribution in [0, 0.1) is 0 Å². The number of para-hydroxylation sites is 2. The van der Waals surface area contributed by atoms with Gasteiger partial charge in [-0.2, -0.15) is 0 Å². The van der Waals surface area contributed by atoms with Crippen molar-refractivity contribution in [1.29, 1.82) is 0 Å². The highest BCUT2D eigenvalue weighted by atomic mass is 16.5. The minimum absolute atomic E-state index is 0.107. The van der Waals surface area contributed by atoms with Crippen molar-refractivity contribution in [2.45, 2.75) is 26.3 Å². The Morgan fingerprint density at radius 1 is 1.22 bits per heavy atom. The van der Waals surface area contributed by atoms with Crippen LogP contribution in [0.4, 0.5) is 11.4 Å². The third-order valence-electron chi connectivity index (χ3n) is 5.08. The summed E-state index contributed by atoms with van der Waals surface area (Å²) in [4.78, 5) is 18.2. The molecule has 1 saturated heterocycles. The molecule has 2 aromatic carbocycles. The number of benzene rings is 2. The van der Waals surface area contributed by atoms with Crippen molar-refractivity contribution in [2.75, 3.05) is 50.1 Å². The van der Waals surface area contributed by atoms with Gasteiger partial charge in [0.05, 0.1) is 19.3 Å². The molecule has 3 N–H and O–H groups in total. The fraction of sp³-hybridized carbons (Fsp3) is 0.417. The second-order valence-corrected chi connectivity index (χ2v) is 7.57. The van der Waals surface area contributed by atoms with Gasteiger partial charge in [-0.15, -0.1) is 0 Å². The lowest BCUT2D eigenvalue weighted by atomic mass is 10.2. The average molecular weight is 440 g/mol. The first-order chi connectivity index (χ1) is 15.6. The Morgan fingerprint density at radius 2 is 2.06 bits per heavy atom. The first kappa shape index (κ1) is 23.2. The van der Waals surface area contributed by atoms with Crippen LogP contribution in [0.1, 0.15) is 20.3 Å². The number of rotatable bonds is 9. The lowest BCUT2D eigenvalue weighted by Gasteiger charge is -2.22. The fourth-order valence-corrected chi connectivity index (χ4v) is 3.69. The number of ether oxygens (including phenoxy) is 2. The summed E-state index contributed by atoms with van der Waals surface area (Å²) in [6.07, 6.45) is 1.02. The maximum absolute atomic E-state index is 11.2. The summed E-state index contributed by atoms with van der Waals surface area (Å²) in [6.45, 7) is 7.13. The fourth-order valence-electron chi connectivity index (χ4n) is 3.69. The Labute approximate surface area is 190 Å². The Hall–Kier alpha value is -3.42. The van der Waals surface area contributed by atoms with Crippen molar-refractivity contribution in [3.63, 3.8) is 0 Å². The van der Waals surface area contributed by atoms with Crippen LogP contribution in [0.2, 0.25) is 0 Å². The van der Waals surface area contributed by atoms with Gasteiger partial charge in [-0.3, -0.25) is 4.79 Å². The Balaban J connectivity index is 1.50. The van der Waals surface area contributed by atoms with Crippen LogP contribution in [0.5, 0.6) is 11.5 Å². The summed E-state index contributed by atoms with van der Waals surface area (Å²) in [5, 5.41) is 9.60. The molecule has 0 aliphatic carbocycles. The minimum atomic E-state index is -0.107. The number of carbonyl (C=O) groups excluding carboxylic acids is 1. The zero-order valence-electron chi connectivity index (χ0n) is 19.1. The van der Waals surface area contributed by atoms with Crippen LogP contribution in [0.3, 0.4) is 0 Å². The molecule has 8 nitrogen and oxygen atoms in total. The van der Waals surface area contributed by atoms with E-state index in [9.17, 15) is 4.79 Å². The molecule has 3 rings (SSSR count). The van der Waals surface area contributed by atoms with E-state index in [1.807, 2.05) is 36.4 Å². The summed E-state index contributed by atoms with van der Waals surface area (Å²) in [5.74, 6) is 2.28. The topological polar surface area (TPSA) is 87.2 Å². The predicted octanol–water partition coefficient (Wildman–Crippen LogP) is 2.87. The van der Waals surface area contributed by atoms with Crippen LogP contribution in [0.15, 0.2) is 53.5 Å². The number of nitrogens with one attached hydrogen (secondary N) is 3. The van der Waals surface area contributed by atoms with Crippen molar-refractivity contribution < 1.29 is 14.3 Å². The third-order valence-corrected chi connectivity index (χ3v) is 5.08. The largest absolute Gasteiger partial charge is 0.495 e. The molecule has 8 heteroatoms. The monoisotopic (exact) mass is 439 g/mol. The van der Waals surface area contributed by atoms with Gasteiger partial charge in [-0.1, -0.05) is 18.2 Å². The highest BCUT2D eigenvalue weighted by molar-refractivity contribution is 5.88. The molecule has 1 aliphatic rings. The summed E-state index contributed by atoms with van der Waals surface area (Å²) in [5.41, 5.74) is 1.84. The van der Waals surface area contributed by atoms with E-state index < -0.39 is 0 Å². The molecular weight excluding hydrogens is 406 g/mol. The van der Waals surface area contributed by atoms with Gasteiger partial charge in [-0.05, 0) is 37.6 Å². The van der Waals surface area contributed by atoms with Gasteiger partial charge in [0.1, 0.15) is 18.1 Å². The van der Waals surface area contributed by atoms with Gasteiger partial charge in [0, 0.05) is 44.4 Å². The maximum atomic E-state index is 11.2. The molecule has 0 aromatic heterocycles. The molecule has 1 atom stereocenters. The SMILES string of the molecule is CCNC(=NCCOc1cccc(NC(C)=O)c1)NC1CCN(c2ccccc2OC)C1. The van der Waals surface area contributed by atoms with Crippen LogP contribution in [-0.2, 0) is 4.79 Å². The molecule has 1 unspecified atom stereocenters. The molecule has 1 fully saturated rings. The Bertz CT molecular complexity index is 918. The van der Waals surface area contributed by atoms with E-state index in [1.54, 1.807) is 13.2 Å². The second-order valence-electron chi connectivity index (χ2n) is 7.57. The highest BCUT2D eigenvalue weighted by Crippen LogP contribution is 2.30. The number of carbonyl (C=O) groups is 1. The van der Waals surface area contributed by atoms with E-state index in [0.29, 0.717) is 30.6 Å². The van der Waals surface area contributed by atoms with Crippen molar-refractivity contribution in [3.05, 3.63) is 48.5 Å². The van der Waals surface area contributed by atoms with Crippen molar-refractivity contribution >= 4 is 23.2 Å². The molecular formula is C24H33N5O3. The smallest absolute Gasteiger partial charge is 0.221 e. The van der Waals surface area contributed by atoms with Gasteiger partial charge < -0.3 is 30.3 Å². The van der Waals surface area contributed by atoms with E-state index in [0.717, 1.165) is 43.5 Å². The van der Waals surface area contributed by atoms with Gasteiger partial charge in [0.15, 0.2) is 5.96 Å². The average Bonchev–Trinajstić information content (AvgIpc) is 3.25. The van der Waals surface area contributed by atoms with Gasteiger partial charge in [0.25, 0.3) is 0 Å². The zero-order chi connectivity index (χ0) is 22.8. The normalized spacial score (nSPS) is 15.9. The number of guanidine groups is 1. The number of nitrogens with zero attached hydrogens (tertiary/aromatic N) is 2. The highest BCUT2D eigenvalue weighted by Gasteiger charge is 2.25. The van der Waals surface area contributed by atoms with Crippen LogP contribution < -0.4 is 30.3 Å². The molecule has 0 saturated carbocycles. The molecule has 0 spiro atoms. The quantitative estimate of drug-likeness (QED) is 0.316. The van der Waals surface area contributed by atoms with Crippen molar-refractivity contribution in [2.24, 2.45) is 4.99 Å². The number of aliphatic imine (C=N–C) groups is 1. The minimum Gasteiger partial charge on any atom is -0.495 e. The van der Waals surface area contributed by atoms with Gasteiger partial charge in [0.2, 0.25) is 5.91 Å². The van der Waals surface area contributed by atoms with E-state index >= 15 is 0 Å². The molecule has 32 heavy (non-hydrogen) atoms. The number of hydrogen-bond acceptors (Lipinski definition) is 5. The van der Waals surface area contributed by atoms with Crippen LogP contribution in [-0.4, -0.2) is 57.8 Å². The molecule has 1 heterocycles. The van der Waals surface area contributed by atoms with Gasteiger partial charge in [-0.25, -0.2) is 4.99 Å². The third kappa shape index (κ3) is 6.80. The number of methoxy groups -OCH3 is 1. The summed E-state index contributed by atoms with van der Waals surface area (Å²) in [6, 6.07) is 15.8. The standard InChI is InChI=1S/C24H33N5O3/c1-4-25-24(26-13-15-32-21-9-7-8-19(16-21)27-18(2)30)28-20-12-14-29(17-20)22-10-5-6-11-23(22)31-3/h5-11,16,20H,4,12-15,17H2,1-3H3,(H,27,30)(H2,25,26,28). The molecule has 1 aliphatic heterocycles. The number of anilines is 2. The van der Waals surface area contributed by atoms with Crippen molar-refractivity contribution in [3.8, 4) is 11.5 Å². The lowest BCUT2D eigenvalue weighted by molar-refractivity contribution is -0.114. The molecule has 172 valence electrons.